The third-order valence-corrected chi connectivity index (χ3v) is 5.95. The molecule has 2 amide bonds. The van der Waals surface area contributed by atoms with E-state index in [0.717, 1.165) is 26.4 Å². The van der Waals surface area contributed by atoms with Crippen LogP contribution in [-0.4, -0.2) is 26.8 Å². The molecule has 3 aromatic heterocycles. The van der Waals surface area contributed by atoms with Gasteiger partial charge in [0.25, 0.3) is 5.91 Å². The molecule has 4 heterocycles. The second-order valence-electron chi connectivity index (χ2n) is 7.14. The van der Waals surface area contributed by atoms with Crippen molar-refractivity contribution >= 4 is 50.7 Å². The van der Waals surface area contributed by atoms with Crippen molar-refractivity contribution in [2.24, 2.45) is 0 Å². The maximum absolute atomic E-state index is 12.9. The van der Waals surface area contributed by atoms with E-state index in [1.807, 2.05) is 31.2 Å². The van der Waals surface area contributed by atoms with Gasteiger partial charge in [-0.25, -0.2) is 15.0 Å². The first-order valence-electron chi connectivity index (χ1n) is 9.71. The maximum atomic E-state index is 12.9. The van der Waals surface area contributed by atoms with Gasteiger partial charge in [0.2, 0.25) is 5.91 Å². The van der Waals surface area contributed by atoms with Crippen LogP contribution < -0.4 is 16.0 Å². The summed E-state index contributed by atoms with van der Waals surface area (Å²) in [6, 6.07) is 11.0. The van der Waals surface area contributed by atoms with Crippen LogP contribution in [0.15, 0.2) is 48.8 Å². The summed E-state index contributed by atoms with van der Waals surface area (Å²) >= 11 is 1.62. The number of pyridine rings is 2. The quantitative estimate of drug-likeness (QED) is 0.445. The second-order valence-corrected chi connectivity index (χ2v) is 8.38. The Morgan fingerprint density at radius 1 is 1.19 bits per heavy atom. The van der Waals surface area contributed by atoms with Gasteiger partial charge < -0.3 is 16.0 Å². The largest absolute Gasteiger partial charge is 0.365 e. The Kier molecular flexibility index (Phi) is 4.79. The first-order chi connectivity index (χ1) is 15.1. The van der Waals surface area contributed by atoms with E-state index in [0.29, 0.717) is 35.9 Å². The molecule has 154 valence electrons. The molecule has 0 saturated heterocycles. The molecule has 1 aromatic carbocycles. The number of anilines is 3. The van der Waals surface area contributed by atoms with Crippen LogP contribution in [0.3, 0.4) is 0 Å². The number of amides is 2. The van der Waals surface area contributed by atoms with E-state index in [4.69, 9.17) is 0 Å². The van der Waals surface area contributed by atoms with Crippen molar-refractivity contribution in [3.8, 4) is 0 Å². The SMILES string of the molecule is Cc1nc2cc(NC(=O)c3cccnc3NCc3ccnc4c3CC(=O)N4)ccc2s1. The number of hydrogen-bond donors (Lipinski definition) is 3. The fraction of sp³-hybridized carbons (Fsp3) is 0.136. The molecular weight excluding hydrogens is 412 g/mol. The number of aryl methyl sites for hydroxylation is 1. The number of fused-ring (bicyclic) bond motifs is 2. The molecule has 0 fully saturated rings. The Labute approximate surface area is 181 Å². The monoisotopic (exact) mass is 430 g/mol. The van der Waals surface area contributed by atoms with E-state index in [-0.39, 0.29) is 11.8 Å². The van der Waals surface area contributed by atoms with Crippen LogP contribution in [0.25, 0.3) is 10.2 Å². The summed E-state index contributed by atoms with van der Waals surface area (Å²) in [5, 5.41) is 9.88. The molecule has 5 rings (SSSR count). The van der Waals surface area contributed by atoms with Gasteiger partial charge in [-0.3, -0.25) is 9.59 Å². The molecular formula is C22H18N6O2S. The number of benzene rings is 1. The van der Waals surface area contributed by atoms with Gasteiger partial charge in [-0.1, -0.05) is 0 Å². The maximum Gasteiger partial charge on any atom is 0.259 e. The van der Waals surface area contributed by atoms with Gasteiger partial charge in [-0.05, 0) is 48.9 Å². The van der Waals surface area contributed by atoms with Crippen molar-refractivity contribution in [3.05, 3.63) is 70.5 Å². The average molecular weight is 430 g/mol. The Morgan fingerprint density at radius 3 is 3.00 bits per heavy atom. The summed E-state index contributed by atoms with van der Waals surface area (Å²) in [4.78, 5) is 37.6. The predicted molar refractivity (Wildman–Crippen MR) is 120 cm³/mol. The number of nitrogens with one attached hydrogen (secondary N) is 3. The van der Waals surface area contributed by atoms with Gasteiger partial charge in [0.05, 0.1) is 27.2 Å². The first kappa shape index (κ1) is 19.1. The van der Waals surface area contributed by atoms with Gasteiger partial charge >= 0.3 is 0 Å². The van der Waals surface area contributed by atoms with E-state index >= 15 is 0 Å². The van der Waals surface area contributed by atoms with Crippen molar-refractivity contribution < 1.29 is 9.59 Å². The lowest BCUT2D eigenvalue weighted by Crippen LogP contribution is -2.16. The topological polar surface area (TPSA) is 109 Å². The molecule has 31 heavy (non-hydrogen) atoms. The summed E-state index contributed by atoms with van der Waals surface area (Å²) in [7, 11) is 0. The fourth-order valence-corrected chi connectivity index (χ4v) is 4.37. The second kappa shape index (κ2) is 7.77. The number of rotatable bonds is 5. The van der Waals surface area contributed by atoms with E-state index in [1.165, 1.54) is 0 Å². The first-order valence-corrected chi connectivity index (χ1v) is 10.5. The minimum atomic E-state index is -0.265. The van der Waals surface area contributed by atoms with Gasteiger partial charge in [0.15, 0.2) is 0 Å². The lowest BCUT2D eigenvalue weighted by Gasteiger charge is -2.12. The van der Waals surface area contributed by atoms with Crippen LogP contribution in [-0.2, 0) is 17.8 Å². The summed E-state index contributed by atoms with van der Waals surface area (Å²) in [5.74, 6) is 0.725. The molecule has 9 heteroatoms. The Bertz CT molecular complexity index is 1330. The van der Waals surface area contributed by atoms with Crippen LogP contribution in [0.4, 0.5) is 17.3 Å². The van der Waals surface area contributed by atoms with Gasteiger partial charge in [0, 0.05) is 30.2 Å². The molecule has 4 aromatic rings. The van der Waals surface area contributed by atoms with Crippen molar-refractivity contribution in [2.45, 2.75) is 19.9 Å². The zero-order chi connectivity index (χ0) is 21.4. The number of aromatic nitrogens is 3. The Hall–Kier alpha value is -3.85. The van der Waals surface area contributed by atoms with Crippen LogP contribution in [0, 0.1) is 6.92 Å². The molecule has 1 aliphatic rings. The summed E-state index contributed by atoms with van der Waals surface area (Å²) < 4.78 is 1.08. The smallest absolute Gasteiger partial charge is 0.259 e. The molecule has 0 radical (unpaired) electrons. The lowest BCUT2D eigenvalue weighted by atomic mass is 10.1. The molecule has 0 atom stereocenters. The highest BCUT2D eigenvalue weighted by Gasteiger charge is 2.22. The molecule has 0 unspecified atom stereocenters. The summed E-state index contributed by atoms with van der Waals surface area (Å²) in [5.41, 5.74) is 3.77. The van der Waals surface area contributed by atoms with Crippen LogP contribution in [0.2, 0.25) is 0 Å². The van der Waals surface area contributed by atoms with Gasteiger partial charge in [-0.15, -0.1) is 11.3 Å². The van der Waals surface area contributed by atoms with Gasteiger partial charge in [-0.2, -0.15) is 0 Å². The van der Waals surface area contributed by atoms with Crippen molar-refractivity contribution in [2.75, 3.05) is 16.0 Å². The third-order valence-electron chi connectivity index (χ3n) is 5.00. The fourth-order valence-electron chi connectivity index (χ4n) is 3.57. The Balaban J connectivity index is 1.35. The normalized spacial score (nSPS) is 12.5. The summed E-state index contributed by atoms with van der Waals surface area (Å²) in [6.07, 6.45) is 3.59. The van der Waals surface area contributed by atoms with Crippen molar-refractivity contribution in [3.63, 3.8) is 0 Å². The summed E-state index contributed by atoms with van der Waals surface area (Å²) in [6.45, 7) is 2.38. The van der Waals surface area contributed by atoms with Crippen LogP contribution in [0.5, 0.6) is 0 Å². The van der Waals surface area contributed by atoms with E-state index in [2.05, 4.69) is 30.9 Å². The third kappa shape index (κ3) is 3.82. The lowest BCUT2D eigenvalue weighted by molar-refractivity contribution is -0.115. The standard InChI is InChI=1S/C22H18N6O2S/c1-12-26-17-9-14(4-5-18(17)31-12)27-22(30)15-3-2-7-23-20(15)25-11-13-6-8-24-21-16(13)10-19(29)28-21/h2-9H,10-11H2,1H3,(H,23,25)(H,27,30)(H,24,28,29). The van der Waals surface area contributed by atoms with Crippen LogP contribution >= 0.6 is 11.3 Å². The molecule has 3 N–H and O–H groups in total. The predicted octanol–water partition coefficient (Wildman–Crippen LogP) is 3.75. The average Bonchev–Trinajstić information content (AvgIpc) is 3.32. The van der Waals surface area contributed by atoms with Gasteiger partial charge in [0.1, 0.15) is 11.6 Å². The number of thiazole rings is 1. The number of hydrogen-bond acceptors (Lipinski definition) is 7. The minimum Gasteiger partial charge on any atom is -0.365 e. The zero-order valence-corrected chi connectivity index (χ0v) is 17.4. The van der Waals surface area contributed by atoms with E-state index in [9.17, 15) is 9.59 Å². The molecule has 1 aliphatic heterocycles. The minimum absolute atomic E-state index is 0.0693. The highest BCUT2D eigenvalue weighted by Crippen LogP contribution is 2.26. The molecule has 0 saturated carbocycles. The number of nitrogens with zero attached hydrogens (tertiary/aromatic N) is 3. The van der Waals surface area contributed by atoms with Crippen molar-refractivity contribution in [1.29, 1.82) is 0 Å². The number of carbonyl (C=O) groups excluding carboxylic acids is 2. The highest BCUT2D eigenvalue weighted by molar-refractivity contribution is 7.18. The van der Waals surface area contributed by atoms with E-state index < -0.39 is 0 Å². The van der Waals surface area contributed by atoms with Crippen molar-refractivity contribution in [1.82, 2.24) is 15.0 Å². The molecule has 8 nitrogen and oxygen atoms in total. The van der Waals surface area contributed by atoms with E-state index in [1.54, 1.807) is 35.9 Å². The highest BCUT2D eigenvalue weighted by atomic mass is 32.1. The zero-order valence-electron chi connectivity index (χ0n) is 16.6. The molecule has 0 spiro atoms. The Morgan fingerprint density at radius 2 is 2.10 bits per heavy atom. The van der Waals surface area contributed by atoms with Crippen LogP contribution in [0.1, 0.15) is 26.5 Å². The number of carbonyl (C=O) groups is 2. The molecule has 0 bridgehead atoms. The molecule has 0 aliphatic carbocycles.